The highest BCUT2D eigenvalue weighted by Gasteiger charge is 2.59. The molecule has 32 heavy (non-hydrogen) atoms. The van der Waals surface area contributed by atoms with Gasteiger partial charge in [0.25, 0.3) is 5.69 Å². The molecule has 2 aromatic carbocycles. The number of rotatable bonds is 5. The van der Waals surface area contributed by atoms with Crippen LogP contribution in [0.25, 0.3) is 10.2 Å². The van der Waals surface area contributed by atoms with Crippen LogP contribution in [0.5, 0.6) is 0 Å². The van der Waals surface area contributed by atoms with Gasteiger partial charge in [0.15, 0.2) is 4.34 Å². The summed E-state index contributed by atoms with van der Waals surface area (Å²) in [5.41, 5.74) is 2.50. The van der Waals surface area contributed by atoms with E-state index in [1.807, 2.05) is 12.1 Å². The summed E-state index contributed by atoms with van der Waals surface area (Å²) in [6.45, 7) is 0. The van der Waals surface area contributed by atoms with Gasteiger partial charge in [-0.1, -0.05) is 36.0 Å². The Bertz CT molecular complexity index is 1290. The highest BCUT2D eigenvalue weighted by atomic mass is 32.2. The first-order valence-corrected chi connectivity index (χ1v) is 12.1. The lowest BCUT2D eigenvalue weighted by atomic mass is 9.85. The Labute approximate surface area is 191 Å². The van der Waals surface area contributed by atoms with Gasteiger partial charge in [0.1, 0.15) is 0 Å². The first-order valence-electron chi connectivity index (χ1n) is 10.3. The number of fused-ring (bicyclic) bond motifs is 6. The second-order valence-corrected chi connectivity index (χ2v) is 10.6. The summed E-state index contributed by atoms with van der Waals surface area (Å²) in [7, 11) is 0. The van der Waals surface area contributed by atoms with Crippen LogP contribution in [-0.4, -0.2) is 21.7 Å². The third kappa shape index (κ3) is 2.99. The minimum atomic E-state index is -0.410. The van der Waals surface area contributed by atoms with E-state index in [-0.39, 0.29) is 41.2 Å². The summed E-state index contributed by atoms with van der Waals surface area (Å²) in [4.78, 5) is 42.5. The Morgan fingerprint density at radius 1 is 1.06 bits per heavy atom. The monoisotopic (exact) mass is 463 g/mol. The number of hydrogen-bond donors (Lipinski definition) is 0. The molecule has 7 nitrogen and oxygen atoms in total. The maximum Gasteiger partial charge on any atom is 0.269 e. The van der Waals surface area contributed by atoms with Gasteiger partial charge in [0.05, 0.1) is 32.7 Å². The van der Waals surface area contributed by atoms with Gasteiger partial charge in [-0.05, 0) is 42.0 Å². The maximum atomic E-state index is 13.1. The van der Waals surface area contributed by atoms with Gasteiger partial charge < -0.3 is 0 Å². The minimum absolute atomic E-state index is 0.0743. The lowest BCUT2D eigenvalue weighted by Gasteiger charge is -2.17. The number of nitro groups is 1. The molecular formula is C23H17N3O4S2. The molecule has 9 heteroatoms. The number of hydrogen-bond acceptors (Lipinski definition) is 7. The second kappa shape index (κ2) is 7.25. The van der Waals surface area contributed by atoms with Gasteiger partial charge in [0, 0.05) is 17.9 Å². The molecule has 1 saturated carbocycles. The Morgan fingerprint density at radius 2 is 1.75 bits per heavy atom. The van der Waals surface area contributed by atoms with Crippen LogP contribution in [0.3, 0.4) is 0 Å². The molecule has 2 heterocycles. The van der Waals surface area contributed by atoms with E-state index in [0.29, 0.717) is 11.4 Å². The van der Waals surface area contributed by atoms with Crippen molar-refractivity contribution < 1.29 is 14.5 Å². The lowest BCUT2D eigenvalue weighted by molar-refractivity contribution is -0.384. The first kappa shape index (κ1) is 19.6. The minimum Gasteiger partial charge on any atom is -0.274 e. The Morgan fingerprint density at radius 3 is 2.41 bits per heavy atom. The summed E-state index contributed by atoms with van der Waals surface area (Å²) < 4.78 is 1.79. The predicted octanol–water partition coefficient (Wildman–Crippen LogP) is 4.81. The van der Waals surface area contributed by atoms with Gasteiger partial charge in [-0.25, -0.2) is 9.88 Å². The SMILES string of the molecule is O=C1[C@@H]2[C@H](C(=O)N1c1ccc3nc(SCc4ccc([N+](=O)[O-])cc4)sc3c1)[C@H]1C=C[C@H]2C1. The van der Waals surface area contributed by atoms with E-state index in [1.165, 1.54) is 28.4 Å². The van der Waals surface area contributed by atoms with E-state index in [4.69, 9.17) is 0 Å². The molecule has 6 rings (SSSR count). The normalized spacial score (nSPS) is 25.8. The van der Waals surface area contributed by atoms with Crippen LogP contribution in [0, 0.1) is 33.8 Å². The van der Waals surface area contributed by atoms with Crippen molar-refractivity contribution in [2.45, 2.75) is 16.5 Å². The van der Waals surface area contributed by atoms with Crippen LogP contribution in [0.4, 0.5) is 11.4 Å². The zero-order chi connectivity index (χ0) is 22.0. The summed E-state index contributed by atoms with van der Waals surface area (Å²) in [6, 6.07) is 12.1. The molecule has 0 radical (unpaired) electrons. The molecule has 4 atom stereocenters. The molecule has 2 fully saturated rings. The van der Waals surface area contributed by atoms with E-state index in [9.17, 15) is 19.7 Å². The van der Waals surface area contributed by atoms with Crippen molar-refractivity contribution in [1.82, 2.24) is 4.98 Å². The molecule has 1 aromatic heterocycles. The summed E-state index contributed by atoms with van der Waals surface area (Å²) in [6.07, 6.45) is 5.12. The average Bonchev–Trinajstić information content (AvgIpc) is 3.55. The highest BCUT2D eigenvalue weighted by molar-refractivity contribution is 8.00. The fraction of sp³-hybridized carbons (Fsp3) is 0.261. The number of aromatic nitrogens is 1. The third-order valence-electron chi connectivity index (χ3n) is 6.59. The molecular weight excluding hydrogens is 446 g/mol. The molecule has 2 aliphatic carbocycles. The average molecular weight is 464 g/mol. The summed E-state index contributed by atoms with van der Waals surface area (Å²) in [5, 5.41) is 10.8. The molecule has 3 aliphatic rings. The number of anilines is 1. The molecule has 3 aromatic rings. The number of thiazole rings is 1. The van der Waals surface area contributed by atoms with Crippen molar-refractivity contribution in [3.05, 3.63) is 70.3 Å². The molecule has 0 N–H and O–H groups in total. The predicted molar refractivity (Wildman–Crippen MR) is 122 cm³/mol. The Kier molecular flexibility index (Phi) is 4.44. The number of imide groups is 1. The van der Waals surface area contributed by atoms with Crippen LogP contribution >= 0.6 is 23.1 Å². The topological polar surface area (TPSA) is 93.4 Å². The molecule has 2 bridgehead atoms. The van der Waals surface area contributed by atoms with Crippen molar-refractivity contribution in [2.24, 2.45) is 23.7 Å². The number of allylic oxidation sites excluding steroid dienone is 2. The highest BCUT2D eigenvalue weighted by Crippen LogP contribution is 2.53. The molecule has 0 unspecified atom stereocenters. The van der Waals surface area contributed by atoms with Crippen molar-refractivity contribution >= 4 is 56.5 Å². The zero-order valence-electron chi connectivity index (χ0n) is 16.7. The van der Waals surface area contributed by atoms with Gasteiger partial charge >= 0.3 is 0 Å². The van der Waals surface area contributed by atoms with Crippen molar-refractivity contribution in [3.63, 3.8) is 0 Å². The molecule has 160 valence electrons. The van der Waals surface area contributed by atoms with Crippen LogP contribution in [0.2, 0.25) is 0 Å². The van der Waals surface area contributed by atoms with E-state index in [1.54, 1.807) is 30.0 Å². The third-order valence-corrected chi connectivity index (χ3v) is 8.82. The standard InChI is InChI=1S/C23H17N3O4S2/c27-21-19-13-3-4-14(9-13)20(19)22(28)25(21)16-7-8-17-18(10-16)32-23(24-17)31-11-12-1-5-15(6-2-12)26(29)30/h1-8,10,13-14,19-20H,9,11H2/t13-,14-,19-,20+/m0/s1. The second-order valence-electron chi connectivity index (χ2n) is 8.36. The number of nitro benzene ring substituents is 1. The number of non-ortho nitro benzene ring substituents is 1. The van der Waals surface area contributed by atoms with E-state index in [0.717, 1.165) is 26.5 Å². The van der Waals surface area contributed by atoms with Crippen molar-refractivity contribution in [1.29, 1.82) is 0 Å². The zero-order valence-corrected chi connectivity index (χ0v) is 18.3. The molecule has 2 amide bonds. The fourth-order valence-electron chi connectivity index (χ4n) is 5.11. The quantitative estimate of drug-likeness (QED) is 0.177. The van der Waals surface area contributed by atoms with Gasteiger partial charge in [-0.15, -0.1) is 11.3 Å². The van der Waals surface area contributed by atoms with E-state index >= 15 is 0 Å². The molecule has 0 spiro atoms. The van der Waals surface area contributed by atoms with Gasteiger partial charge in [0.2, 0.25) is 11.8 Å². The van der Waals surface area contributed by atoms with E-state index in [2.05, 4.69) is 17.1 Å². The Balaban J connectivity index is 1.21. The first-order chi connectivity index (χ1) is 15.5. The maximum absolute atomic E-state index is 13.1. The lowest BCUT2D eigenvalue weighted by Crippen LogP contribution is -2.32. The van der Waals surface area contributed by atoms with Crippen molar-refractivity contribution in [3.8, 4) is 0 Å². The number of nitrogens with zero attached hydrogens (tertiary/aromatic N) is 3. The molecule has 1 saturated heterocycles. The van der Waals surface area contributed by atoms with Crippen LogP contribution in [-0.2, 0) is 15.3 Å². The smallest absolute Gasteiger partial charge is 0.269 e. The Hall–Kier alpha value is -3.04. The van der Waals surface area contributed by atoms with Crippen LogP contribution in [0.1, 0.15) is 12.0 Å². The number of amides is 2. The van der Waals surface area contributed by atoms with Gasteiger partial charge in [-0.2, -0.15) is 0 Å². The van der Waals surface area contributed by atoms with Gasteiger partial charge in [-0.3, -0.25) is 19.7 Å². The van der Waals surface area contributed by atoms with Crippen molar-refractivity contribution in [2.75, 3.05) is 4.90 Å². The number of carbonyl (C=O) groups is 2. The largest absolute Gasteiger partial charge is 0.274 e. The summed E-state index contributed by atoms with van der Waals surface area (Å²) >= 11 is 3.07. The number of benzene rings is 2. The van der Waals surface area contributed by atoms with Crippen LogP contribution < -0.4 is 4.90 Å². The van der Waals surface area contributed by atoms with E-state index < -0.39 is 4.92 Å². The van der Waals surface area contributed by atoms with Crippen LogP contribution in [0.15, 0.2) is 59.0 Å². The number of carbonyl (C=O) groups excluding carboxylic acids is 2. The summed E-state index contributed by atoms with van der Waals surface area (Å²) in [5.74, 6) is 0.473. The fourth-order valence-corrected chi connectivity index (χ4v) is 7.17. The number of thioether (sulfide) groups is 1. The molecule has 1 aliphatic heterocycles.